The third kappa shape index (κ3) is 5.20. The number of nitrogens with one attached hydrogen (secondary N) is 2. The summed E-state index contributed by atoms with van der Waals surface area (Å²) in [6, 6.07) is 4.22. The Morgan fingerprint density at radius 1 is 1.25 bits per heavy atom. The molecule has 0 spiro atoms. The molecule has 32 heavy (non-hydrogen) atoms. The third-order valence-electron chi connectivity index (χ3n) is 6.04. The van der Waals surface area contributed by atoms with E-state index in [-0.39, 0.29) is 18.1 Å². The Balaban J connectivity index is 1.53. The van der Waals surface area contributed by atoms with E-state index in [0.717, 1.165) is 54.4 Å². The maximum Gasteiger partial charge on any atom is 0.253 e. The van der Waals surface area contributed by atoms with Gasteiger partial charge in [0.15, 0.2) is 0 Å². The first-order valence-corrected chi connectivity index (χ1v) is 11.2. The molecule has 0 radical (unpaired) electrons. The monoisotopic (exact) mass is 439 g/mol. The molecule has 172 valence electrons. The Morgan fingerprint density at radius 3 is 2.75 bits per heavy atom. The van der Waals surface area contributed by atoms with Crippen LogP contribution in [0.1, 0.15) is 41.6 Å². The number of H-pyrrole nitrogens is 1. The summed E-state index contributed by atoms with van der Waals surface area (Å²) in [6.45, 7) is 2.03. The Bertz CT molecular complexity index is 1020. The van der Waals surface area contributed by atoms with Gasteiger partial charge in [-0.1, -0.05) is 0 Å². The zero-order valence-electron chi connectivity index (χ0n) is 19.1. The van der Waals surface area contributed by atoms with E-state index in [4.69, 9.17) is 9.47 Å². The quantitative estimate of drug-likeness (QED) is 0.501. The van der Waals surface area contributed by atoms with E-state index in [0.29, 0.717) is 18.8 Å². The summed E-state index contributed by atoms with van der Waals surface area (Å²) in [5, 5.41) is 4.32. The zero-order valence-corrected chi connectivity index (χ0v) is 19.1. The largest absolute Gasteiger partial charge is 0.382 e. The lowest BCUT2D eigenvalue weighted by atomic mass is 9.92. The number of fused-ring (bicyclic) bond motifs is 1. The number of methoxy groups -OCH3 is 1. The number of rotatable bonds is 9. The summed E-state index contributed by atoms with van der Waals surface area (Å²) in [4.78, 5) is 23.0. The van der Waals surface area contributed by atoms with Crippen LogP contribution in [0.2, 0.25) is 0 Å². The van der Waals surface area contributed by atoms with E-state index in [2.05, 4.69) is 26.3 Å². The number of aromatic amines is 1. The fourth-order valence-electron chi connectivity index (χ4n) is 4.42. The number of hydrogen-bond acceptors (Lipinski definition) is 5. The Morgan fingerprint density at radius 2 is 2.06 bits per heavy atom. The first-order chi connectivity index (χ1) is 15.5. The fraction of sp³-hybridized carbons (Fsp3) is 0.500. The van der Waals surface area contributed by atoms with Crippen molar-refractivity contribution in [1.29, 1.82) is 0 Å². The number of ether oxygens (including phenoxy) is 2. The molecule has 2 N–H and O–H groups in total. The van der Waals surface area contributed by atoms with Crippen LogP contribution in [0.5, 0.6) is 0 Å². The maximum atomic E-state index is 13.4. The highest BCUT2D eigenvalue weighted by Crippen LogP contribution is 2.28. The summed E-state index contributed by atoms with van der Waals surface area (Å²) in [7, 11) is 5.77. The van der Waals surface area contributed by atoms with Crippen LogP contribution in [0.3, 0.4) is 0 Å². The molecule has 1 fully saturated rings. The average molecular weight is 440 g/mol. The molecular formula is C24H33N5O3. The van der Waals surface area contributed by atoms with Crippen LogP contribution in [0.25, 0.3) is 16.6 Å². The fourth-order valence-corrected chi connectivity index (χ4v) is 4.42. The van der Waals surface area contributed by atoms with E-state index < -0.39 is 0 Å². The molecule has 4 rings (SSSR count). The maximum absolute atomic E-state index is 13.4. The molecule has 3 aromatic rings. The van der Waals surface area contributed by atoms with Gasteiger partial charge < -0.3 is 29.2 Å². The molecule has 8 nitrogen and oxygen atoms in total. The lowest BCUT2D eigenvalue weighted by Crippen LogP contribution is -2.39. The number of imidazole rings is 1. The van der Waals surface area contributed by atoms with Crippen LogP contribution in [0.15, 0.2) is 37.1 Å². The van der Waals surface area contributed by atoms with Crippen LogP contribution in [-0.2, 0) is 16.0 Å². The van der Waals surface area contributed by atoms with Crippen molar-refractivity contribution in [2.24, 2.45) is 0 Å². The first-order valence-electron chi connectivity index (χ1n) is 11.2. The van der Waals surface area contributed by atoms with Crippen molar-refractivity contribution in [3.05, 3.63) is 48.2 Å². The van der Waals surface area contributed by atoms with Crippen molar-refractivity contribution in [1.82, 2.24) is 24.8 Å². The number of carbonyl (C=O) groups is 1. The minimum atomic E-state index is -0.0426. The van der Waals surface area contributed by atoms with Crippen molar-refractivity contribution in [2.75, 3.05) is 34.4 Å². The predicted octanol–water partition coefficient (Wildman–Crippen LogP) is 3.12. The van der Waals surface area contributed by atoms with Gasteiger partial charge in [0, 0.05) is 49.4 Å². The van der Waals surface area contributed by atoms with Crippen LogP contribution < -0.4 is 5.32 Å². The molecule has 0 atom stereocenters. The molecule has 0 aliphatic heterocycles. The minimum Gasteiger partial charge on any atom is -0.382 e. The SMILES string of the molecule is COCCO[C@H]1CC[C@H](NC(=O)c2cc(-n3ccnc3)cc3c(CN(C)C)c[nH]c23)CC1. The van der Waals surface area contributed by atoms with E-state index in [9.17, 15) is 4.79 Å². The van der Waals surface area contributed by atoms with Crippen molar-refractivity contribution in [3.63, 3.8) is 0 Å². The van der Waals surface area contributed by atoms with Crippen molar-refractivity contribution < 1.29 is 14.3 Å². The van der Waals surface area contributed by atoms with E-state index in [1.165, 1.54) is 0 Å². The molecule has 0 unspecified atom stereocenters. The average Bonchev–Trinajstić information content (AvgIpc) is 3.45. The number of amides is 1. The summed E-state index contributed by atoms with van der Waals surface area (Å²) in [6.07, 6.45) is 11.4. The van der Waals surface area contributed by atoms with Crippen molar-refractivity contribution in [2.45, 2.75) is 44.4 Å². The minimum absolute atomic E-state index is 0.0426. The van der Waals surface area contributed by atoms with Gasteiger partial charge in [0.25, 0.3) is 5.91 Å². The topological polar surface area (TPSA) is 84.4 Å². The molecule has 1 aliphatic rings. The highest BCUT2D eigenvalue weighted by Gasteiger charge is 2.24. The summed E-state index contributed by atoms with van der Waals surface area (Å²) >= 11 is 0. The van der Waals surface area contributed by atoms with Crippen LogP contribution >= 0.6 is 0 Å². The highest BCUT2D eigenvalue weighted by atomic mass is 16.5. The van der Waals surface area contributed by atoms with E-state index >= 15 is 0 Å². The van der Waals surface area contributed by atoms with Crippen molar-refractivity contribution in [3.8, 4) is 5.69 Å². The second kappa shape index (κ2) is 10.3. The number of nitrogens with zero attached hydrogens (tertiary/aromatic N) is 3. The van der Waals surface area contributed by atoms with Gasteiger partial charge in [0.2, 0.25) is 0 Å². The van der Waals surface area contributed by atoms with Gasteiger partial charge in [-0.2, -0.15) is 0 Å². The second-order valence-electron chi connectivity index (χ2n) is 8.75. The number of hydrogen-bond donors (Lipinski definition) is 2. The number of benzene rings is 1. The van der Waals surface area contributed by atoms with E-state index in [1.54, 1.807) is 19.6 Å². The normalized spacial score (nSPS) is 19.0. The standard InChI is InChI=1S/C24H33N5O3/c1-28(2)15-17-14-26-23-21(17)12-19(29-9-8-25-16-29)13-22(23)24(30)27-18-4-6-20(7-5-18)32-11-10-31-3/h8-9,12-14,16,18,20,26H,4-7,10-11,15H2,1-3H3,(H,27,30)/t18-,20-. The van der Waals surface area contributed by atoms with E-state index in [1.807, 2.05) is 37.1 Å². The lowest BCUT2D eigenvalue weighted by Gasteiger charge is -2.29. The van der Waals surface area contributed by atoms with Gasteiger partial charge in [0.1, 0.15) is 0 Å². The van der Waals surface area contributed by atoms with Gasteiger partial charge >= 0.3 is 0 Å². The lowest BCUT2D eigenvalue weighted by molar-refractivity contribution is -0.00408. The molecule has 2 aromatic heterocycles. The third-order valence-corrected chi connectivity index (χ3v) is 6.04. The van der Waals surface area contributed by atoms with Gasteiger partial charge in [-0.3, -0.25) is 4.79 Å². The Hall–Kier alpha value is -2.68. The molecule has 2 heterocycles. The van der Waals surface area contributed by atoms with Gasteiger partial charge in [-0.25, -0.2) is 4.98 Å². The Kier molecular flexibility index (Phi) is 7.24. The molecule has 0 bridgehead atoms. The van der Waals surface area contributed by atoms with Crippen LogP contribution in [0.4, 0.5) is 0 Å². The number of aromatic nitrogens is 3. The van der Waals surface area contributed by atoms with Gasteiger partial charge in [-0.05, 0) is 57.5 Å². The summed E-state index contributed by atoms with van der Waals surface area (Å²) in [5.41, 5.74) is 3.62. The van der Waals surface area contributed by atoms with Gasteiger partial charge in [0.05, 0.1) is 36.7 Å². The summed E-state index contributed by atoms with van der Waals surface area (Å²) in [5.74, 6) is -0.0426. The first kappa shape index (κ1) is 22.5. The van der Waals surface area contributed by atoms with Crippen LogP contribution in [0, 0.1) is 0 Å². The predicted molar refractivity (Wildman–Crippen MR) is 124 cm³/mol. The molecule has 1 amide bonds. The molecule has 1 aliphatic carbocycles. The smallest absolute Gasteiger partial charge is 0.253 e. The molecule has 1 aromatic carbocycles. The molecule has 8 heteroatoms. The molecule has 1 saturated carbocycles. The van der Waals surface area contributed by atoms with Gasteiger partial charge in [-0.15, -0.1) is 0 Å². The molecule has 0 saturated heterocycles. The second-order valence-corrected chi connectivity index (χ2v) is 8.75. The highest BCUT2D eigenvalue weighted by molar-refractivity contribution is 6.07. The molecular weight excluding hydrogens is 406 g/mol. The Labute approximate surface area is 188 Å². The number of carbonyl (C=O) groups excluding carboxylic acids is 1. The van der Waals surface area contributed by atoms with Crippen LogP contribution in [-0.4, -0.2) is 71.9 Å². The zero-order chi connectivity index (χ0) is 22.5. The summed E-state index contributed by atoms with van der Waals surface area (Å²) < 4.78 is 12.8. The van der Waals surface area contributed by atoms with Crippen molar-refractivity contribution >= 4 is 16.8 Å².